The maximum Gasteiger partial charge on any atom is 0.163 e. The van der Waals surface area contributed by atoms with Crippen LogP contribution >= 0.6 is 0 Å². The fraction of sp³-hybridized carbons (Fsp3) is 1.00. The molecule has 0 aromatic rings. The summed E-state index contributed by atoms with van der Waals surface area (Å²) in [6.07, 6.45) is 4.13. The summed E-state index contributed by atoms with van der Waals surface area (Å²) in [5.41, 5.74) is 0.441. The highest BCUT2D eigenvalue weighted by molar-refractivity contribution is 5.08. The molecule has 3 saturated carbocycles. The van der Waals surface area contributed by atoms with Crippen LogP contribution in [0.5, 0.6) is 0 Å². The summed E-state index contributed by atoms with van der Waals surface area (Å²) in [4.78, 5) is 0. The van der Waals surface area contributed by atoms with Gasteiger partial charge < -0.3 is 9.47 Å². The molecular formula is C10H18O2. The van der Waals surface area contributed by atoms with Crippen molar-refractivity contribution in [1.82, 2.24) is 0 Å². The molecule has 2 bridgehead atoms. The molecule has 0 saturated heterocycles. The van der Waals surface area contributed by atoms with Gasteiger partial charge in [0.1, 0.15) is 0 Å². The quantitative estimate of drug-likeness (QED) is 0.589. The molecule has 3 fully saturated rings. The van der Waals surface area contributed by atoms with Gasteiger partial charge in [-0.05, 0) is 39.0 Å². The van der Waals surface area contributed by atoms with Crippen LogP contribution in [0, 0.1) is 11.3 Å². The summed E-state index contributed by atoms with van der Waals surface area (Å²) in [7, 11) is 0. The van der Waals surface area contributed by atoms with E-state index in [2.05, 4.69) is 0 Å². The highest BCUT2D eigenvalue weighted by Crippen LogP contribution is 2.66. The van der Waals surface area contributed by atoms with Crippen LogP contribution in [-0.4, -0.2) is 19.5 Å². The summed E-state index contributed by atoms with van der Waals surface area (Å²) >= 11 is 0. The lowest BCUT2D eigenvalue weighted by molar-refractivity contribution is -0.293. The zero-order chi connectivity index (χ0) is 8.60. The molecule has 12 heavy (non-hydrogen) atoms. The largest absolute Gasteiger partial charge is 0.352 e. The number of hydrogen-bond acceptors (Lipinski definition) is 2. The molecule has 0 aromatic heterocycles. The molecule has 3 aliphatic rings. The van der Waals surface area contributed by atoms with E-state index in [1.165, 1.54) is 19.3 Å². The van der Waals surface area contributed by atoms with E-state index in [0.29, 0.717) is 5.41 Å². The standard InChI is InChI=1S/C10H18O2/c1-3-11-9(12-4-2)10-5-8(6-10)7-10/h8-9H,3-7H2,1-2H3. The van der Waals surface area contributed by atoms with Gasteiger partial charge in [0, 0.05) is 18.6 Å². The van der Waals surface area contributed by atoms with Crippen LogP contribution in [-0.2, 0) is 9.47 Å². The van der Waals surface area contributed by atoms with E-state index in [9.17, 15) is 0 Å². The van der Waals surface area contributed by atoms with Crippen molar-refractivity contribution < 1.29 is 9.47 Å². The minimum Gasteiger partial charge on any atom is -0.352 e. The Labute approximate surface area is 74.2 Å². The van der Waals surface area contributed by atoms with Gasteiger partial charge in [-0.15, -0.1) is 0 Å². The van der Waals surface area contributed by atoms with Crippen LogP contribution in [0.15, 0.2) is 0 Å². The van der Waals surface area contributed by atoms with E-state index in [1.54, 1.807) is 0 Å². The van der Waals surface area contributed by atoms with Crippen LogP contribution in [0.25, 0.3) is 0 Å². The second kappa shape index (κ2) is 3.00. The van der Waals surface area contributed by atoms with Gasteiger partial charge >= 0.3 is 0 Å². The molecular weight excluding hydrogens is 152 g/mol. The predicted molar refractivity (Wildman–Crippen MR) is 46.8 cm³/mol. The third kappa shape index (κ3) is 1.09. The maximum atomic E-state index is 5.60. The van der Waals surface area contributed by atoms with Crippen molar-refractivity contribution in [2.75, 3.05) is 13.2 Å². The molecule has 2 nitrogen and oxygen atoms in total. The SMILES string of the molecule is CCOC(OCC)C12CC(C1)C2. The molecule has 0 radical (unpaired) electrons. The van der Waals surface area contributed by atoms with Crippen molar-refractivity contribution in [1.29, 1.82) is 0 Å². The fourth-order valence-corrected chi connectivity index (χ4v) is 2.54. The minimum atomic E-state index is 0.0949. The van der Waals surface area contributed by atoms with Crippen LogP contribution in [0.4, 0.5) is 0 Å². The molecule has 3 aliphatic carbocycles. The molecule has 3 rings (SSSR count). The van der Waals surface area contributed by atoms with Gasteiger partial charge in [-0.2, -0.15) is 0 Å². The Morgan fingerprint density at radius 1 is 1.17 bits per heavy atom. The topological polar surface area (TPSA) is 18.5 Å². The van der Waals surface area contributed by atoms with Crippen molar-refractivity contribution in [2.24, 2.45) is 11.3 Å². The lowest BCUT2D eigenvalue weighted by atomic mass is 9.44. The lowest BCUT2D eigenvalue weighted by Gasteiger charge is -2.64. The molecule has 0 spiro atoms. The molecule has 0 unspecified atom stereocenters. The third-order valence-corrected chi connectivity index (χ3v) is 3.22. The monoisotopic (exact) mass is 170 g/mol. The van der Waals surface area contributed by atoms with Gasteiger partial charge in [-0.3, -0.25) is 0 Å². The van der Waals surface area contributed by atoms with Crippen molar-refractivity contribution in [3.8, 4) is 0 Å². The Morgan fingerprint density at radius 3 is 1.92 bits per heavy atom. The second-order valence-electron chi connectivity index (χ2n) is 4.08. The Balaban J connectivity index is 1.87. The molecule has 2 heteroatoms. The highest BCUT2D eigenvalue weighted by Gasteiger charge is 2.61. The molecule has 0 heterocycles. The number of rotatable bonds is 5. The Bertz CT molecular complexity index is 144. The first-order chi connectivity index (χ1) is 5.80. The average Bonchev–Trinajstić information content (AvgIpc) is 1.81. The van der Waals surface area contributed by atoms with Crippen LogP contribution in [0.3, 0.4) is 0 Å². The van der Waals surface area contributed by atoms with E-state index in [1.807, 2.05) is 13.8 Å². The van der Waals surface area contributed by atoms with Crippen LogP contribution < -0.4 is 0 Å². The van der Waals surface area contributed by atoms with Gasteiger partial charge in [0.25, 0.3) is 0 Å². The Hall–Kier alpha value is -0.0800. The number of hydrogen-bond donors (Lipinski definition) is 0. The summed E-state index contributed by atoms with van der Waals surface area (Å²) in [5.74, 6) is 1.01. The van der Waals surface area contributed by atoms with Crippen molar-refractivity contribution in [2.45, 2.75) is 39.4 Å². The van der Waals surface area contributed by atoms with Crippen molar-refractivity contribution >= 4 is 0 Å². The zero-order valence-corrected chi connectivity index (χ0v) is 8.01. The van der Waals surface area contributed by atoms with E-state index < -0.39 is 0 Å². The van der Waals surface area contributed by atoms with Crippen LogP contribution in [0.2, 0.25) is 0 Å². The predicted octanol–water partition coefficient (Wildman–Crippen LogP) is 2.19. The summed E-state index contributed by atoms with van der Waals surface area (Å²) in [5, 5.41) is 0. The van der Waals surface area contributed by atoms with Gasteiger partial charge in [0.2, 0.25) is 0 Å². The van der Waals surface area contributed by atoms with E-state index >= 15 is 0 Å². The molecule has 0 aliphatic heterocycles. The summed E-state index contributed by atoms with van der Waals surface area (Å²) < 4.78 is 11.2. The smallest absolute Gasteiger partial charge is 0.163 e. The average molecular weight is 170 g/mol. The number of ether oxygens (including phenoxy) is 2. The second-order valence-corrected chi connectivity index (χ2v) is 4.08. The highest BCUT2D eigenvalue weighted by atomic mass is 16.7. The van der Waals surface area contributed by atoms with E-state index in [-0.39, 0.29) is 6.29 Å². The van der Waals surface area contributed by atoms with Gasteiger partial charge in [-0.1, -0.05) is 0 Å². The summed E-state index contributed by atoms with van der Waals surface area (Å²) in [6.45, 7) is 5.63. The molecule has 0 amide bonds. The van der Waals surface area contributed by atoms with Gasteiger partial charge in [-0.25, -0.2) is 0 Å². The first-order valence-electron chi connectivity index (χ1n) is 5.04. The van der Waals surface area contributed by atoms with Crippen molar-refractivity contribution in [3.63, 3.8) is 0 Å². The minimum absolute atomic E-state index is 0.0949. The Morgan fingerprint density at radius 2 is 1.67 bits per heavy atom. The summed E-state index contributed by atoms with van der Waals surface area (Å²) in [6, 6.07) is 0. The zero-order valence-electron chi connectivity index (χ0n) is 8.01. The molecule has 0 atom stereocenters. The lowest BCUT2D eigenvalue weighted by Crippen LogP contribution is -2.60. The first-order valence-corrected chi connectivity index (χ1v) is 5.04. The van der Waals surface area contributed by atoms with E-state index in [4.69, 9.17) is 9.47 Å². The molecule has 0 aromatic carbocycles. The normalized spacial score (nSPS) is 37.8. The maximum absolute atomic E-state index is 5.60. The van der Waals surface area contributed by atoms with E-state index in [0.717, 1.165) is 19.1 Å². The van der Waals surface area contributed by atoms with Gasteiger partial charge in [0.05, 0.1) is 0 Å². The third-order valence-electron chi connectivity index (χ3n) is 3.22. The van der Waals surface area contributed by atoms with Crippen LogP contribution in [0.1, 0.15) is 33.1 Å². The molecule has 0 N–H and O–H groups in total. The first kappa shape index (κ1) is 8.52. The van der Waals surface area contributed by atoms with Crippen molar-refractivity contribution in [3.05, 3.63) is 0 Å². The molecule has 70 valence electrons. The van der Waals surface area contributed by atoms with Gasteiger partial charge in [0.15, 0.2) is 6.29 Å². The fourth-order valence-electron chi connectivity index (χ4n) is 2.54. The Kier molecular flexibility index (Phi) is 2.13.